The molecule has 0 saturated carbocycles. The molecule has 1 heterocycles. The standard InChI is InChI=1S/C17H12O5S/c18-16-13(9-11-5-7-12(8-6-11)17(19)20)10-23(21,22)15-4-2-1-3-14(15)16/h1-9H,10H2,(H,19,20)/b13-9-. The van der Waals surface area contributed by atoms with Gasteiger partial charge in [-0.05, 0) is 35.9 Å². The molecule has 1 aliphatic heterocycles. The number of carboxylic acid groups (broad SMARTS) is 1. The number of hydrogen-bond donors (Lipinski definition) is 1. The van der Waals surface area contributed by atoms with Crippen molar-refractivity contribution in [2.24, 2.45) is 0 Å². The molecule has 0 radical (unpaired) electrons. The van der Waals surface area contributed by atoms with Gasteiger partial charge in [-0.1, -0.05) is 24.3 Å². The highest BCUT2D eigenvalue weighted by Gasteiger charge is 2.32. The molecule has 0 fully saturated rings. The van der Waals surface area contributed by atoms with Crippen molar-refractivity contribution in [2.75, 3.05) is 5.75 Å². The maximum atomic E-state index is 12.5. The summed E-state index contributed by atoms with van der Waals surface area (Å²) in [6, 6.07) is 12.0. The molecule has 0 bridgehead atoms. The summed E-state index contributed by atoms with van der Waals surface area (Å²) in [5.41, 5.74) is 1.05. The Balaban J connectivity index is 2.04. The first kappa shape index (κ1) is 15.2. The van der Waals surface area contributed by atoms with Crippen molar-refractivity contribution in [3.05, 3.63) is 70.8 Å². The van der Waals surface area contributed by atoms with Crippen molar-refractivity contribution >= 4 is 27.7 Å². The molecule has 3 rings (SSSR count). The zero-order valence-corrected chi connectivity index (χ0v) is 12.7. The topological polar surface area (TPSA) is 88.5 Å². The molecule has 0 aromatic heterocycles. The smallest absolute Gasteiger partial charge is 0.335 e. The maximum Gasteiger partial charge on any atom is 0.335 e. The fraction of sp³-hybridized carbons (Fsp3) is 0.0588. The lowest BCUT2D eigenvalue weighted by atomic mass is 10.0. The largest absolute Gasteiger partial charge is 0.478 e. The van der Waals surface area contributed by atoms with E-state index in [0.717, 1.165) is 0 Å². The fourth-order valence-electron chi connectivity index (χ4n) is 2.48. The lowest BCUT2D eigenvalue weighted by molar-refractivity contribution is 0.0696. The lowest BCUT2D eigenvalue weighted by Gasteiger charge is -2.17. The first-order chi connectivity index (χ1) is 10.9. The Morgan fingerprint density at radius 3 is 2.35 bits per heavy atom. The van der Waals surface area contributed by atoms with E-state index in [1.165, 1.54) is 42.5 Å². The molecule has 1 N–H and O–H groups in total. The van der Waals surface area contributed by atoms with Crippen LogP contribution in [0.3, 0.4) is 0 Å². The minimum Gasteiger partial charge on any atom is -0.478 e. The van der Waals surface area contributed by atoms with Crippen molar-refractivity contribution in [3.8, 4) is 0 Å². The average Bonchev–Trinajstić information content (AvgIpc) is 2.53. The Bertz CT molecular complexity index is 937. The van der Waals surface area contributed by atoms with Crippen LogP contribution in [0.15, 0.2) is 59.0 Å². The number of carboxylic acids is 1. The minimum absolute atomic E-state index is 0.0587. The number of carbonyl (C=O) groups excluding carboxylic acids is 1. The van der Waals surface area contributed by atoms with Gasteiger partial charge in [0.05, 0.1) is 16.2 Å². The van der Waals surface area contributed by atoms with E-state index in [1.54, 1.807) is 12.1 Å². The van der Waals surface area contributed by atoms with E-state index in [0.29, 0.717) is 5.56 Å². The molecular formula is C17H12O5S. The van der Waals surface area contributed by atoms with E-state index in [1.807, 2.05) is 0 Å². The molecule has 6 heteroatoms. The summed E-state index contributed by atoms with van der Waals surface area (Å²) in [7, 11) is -3.55. The molecule has 0 atom stereocenters. The SMILES string of the molecule is O=C(O)c1ccc(/C=C2/CS(=O)(=O)c3ccccc3C2=O)cc1. The minimum atomic E-state index is -3.55. The first-order valence-electron chi connectivity index (χ1n) is 6.79. The second kappa shape index (κ2) is 5.48. The van der Waals surface area contributed by atoms with Crippen LogP contribution in [0.25, 0.3) is 6.08 Å². The Kier molecular flexibility index (Phi) is 3.61. The Morgan fingerprint density at radius 1 is 1.04 bits per heavy atom. The summed E-state index contributed by atoms with van der Waals surface area (Å²) in [5, 5.41) is 8.87. The van der Waals surface area contributed by atoms with E-state index >= 15 is 0 Å². The molecule has 2 aromatic carbocycles. The summed E-state index contributed by atoms with van der Waals surface area (Å²) in [4.78, 5) is 23.3. The number of Topliss-reactive ketones (excluding diaryl/α,β-unsaturated/α-hetero) is 1. The van der Waals surface area contributed by atoms with Gasteiger partial charge in [-0.2, -0.15) is 0 Å². The van der Waals surface area contributed by atoms with Crippen LogP contribution in [-0.2, 0) is 9.84 Å². The van der Waals surface area contributed by atoms with Crippen LogP contribution in [0.4, 0.5) is 0 Å². The van der Waals surface area contributed by atoms with Gasteiger partial charge in [0.15, 0.2) is 15.6 Å². The van der Waals surface area contributed by atoms with Gasteiger partial charge in [0.2, 0.25) is 0 Å². The number of hydrogen-bond acceptors (Lipinski definition) is 4. The molecule has 0 spiro atoms. The molecule has 0 aliphatic carbocycles. The predicted molar refractivity (Wildman–Crippen MR) is 84.2 cm³/mol. The van der Waals surface area contributed by atoms with Gasteiger partial charge >= 0.3 is 5.97 Å². The summed E-state index contributed by atoms with van der Waals surface area (Å²) >= 11 is 0. The average molecular weight is 328 g/mol. The molecular weight excluding hydrogens is 316 g/mol. The number of fused-ring (bicyclic) bond motifs is 1. The third kappa shape index (κ3) is 2.80. The van der Waals surface area contributed by atoms with E-state index in [2.05, 4.69) is 0 Å². The van der Waals surface area contributed by atoms with Gasteiger partial charge in [-0.15, -0.1) is 0 Å². The molecule has 1 aliphatic rings. The van der Waals surface area contributed by atoms with Gasteiger partial charge in [0, 0.05) is 11.1 Å². The second-order valence-electron chi connectivity index (χ2n) is 5.18. The van der Waals surface area contributed by atoms with Crippen LogP contribution in [0.2, 0.25) is 0 Å². The van der Waals surface area contributed by atoms with Gasteiger partial charge in [-0.3, -0.25) is 4.79 Å². The van der Waals surface area contributed by atoms with Crippen LogP contribution in [0.5, 0.6) is 0 Å². The Morgan fingerprint density at radius 2 is 1.70 bits per heavy atom. The van der Waals surface area contributed by atoms with Gasteiger partial charge in [-0.25, -0.2) is 13.2 Å². The summed E-state index contributed by atoms with van der Waals surface area (Å²) in [6.45, 7) is 0. The maximum absolute atomic E-state index is 12.5. The van der Waals surface area contributed by atoms with Crippen LogP contribution in [0, 0.1) is 0 Å². The van der Waals surface area contributed by atoms with Crippen molar-refractivity contribution in [1.82, 2.24) is 0 Å². The predicted octanol–water partition coefficient (Wildman–Crippen LogP) is 2.44. The highest BCUT2D eigenvalue weighted by Crippen LogP contribution is 2.28. The van der Waals surface area contributed by atoms with Gasteiger partial charge < -0.3 is 5.11 Å². The second-order valence-corrected chi connectivity index (χ2v) is 7.14. The van der Waals surface area contributed by atoms with E-state index < -0.39 is 15.8 Å². The zero-order valence-electron chi connectivity index (χ0n) is 11.9. The number of ketones is 1. The number of aromatic carboxylic acids is 1. The van der Waals surface area contributed by atoms with Crippen LogP contribution in [-0.4, -0.2) is 31.0 Å². The van der Waals surface area contributed by atoms with Crippen molar-refractivity contribution in [1.29, 1.82) is 0 Å². The highest BCUT2D eigenvalue weighted by atomic mass is 32.2. The van der Waals surface area contributed by atoms with Crippen LogP contribution in [0.1, 0.15) is 26.3 Å². The fourth-order valence-corrected chi connectivity index (χ4v) is 4.04. The van der Waals surface area contributed by atoms with Crippen molar-refractivity contribution in [2.45, 2.75) is 4.90 Å². The van der Waals surface area contributed by atoms with Gasteiger partial charge in [0.25, 0.3) is 0 Å². The summed E-state index contributed by atoms with van der Waals surface area (Å²) in [5.74, 6) is -1.73. The highest BCUT2D eigenvalue weighted by molar-refractivity contribution is 7.91. The van der Waals surface area contributed by atoms with Gasteiger partial charge in [0.1, 0.15) is 0 Å². The molecule has 0 amide bonds. The number of rotatable bonds is 2. The van der Waals surface area contributed by atoms with Crippen LogP contribution < -0.4 is 0 Å². The number of sulfone groups is 1. The van der Waals surface area contributed by atoms with Crippen molar-refractivity contribution in [3.63, 3.8) is 0 Å². The quantitative estimate of drug-likeness (QED) is 0.855. The van der Waals surface area contributed by atoms with E-state index in [9.17, 15) is 18.0 Å². The zero-order chi connectivity index (χ0) is 16.6. The monoisotopic (exact) mass is 328 g/mol. The number of benzene rings is 2. The summed E-state index contributed by atoms with van der Waals surface area (Å²) in [6.07, 6.45) is 1.49. The Hall–Kier alpha value is -2.73. The molecule has 116 valence electrons. The number of carbonyl (C=O) groups is 2. The molecule has 5 nitrogen and oxygen atoms in total. The molecule has 0 saturated heterocycles. The first-order valence-corrected chi connectivity index (χ1v) is 8.44. The normalized spacial score (nSPS) is 17.7. The van der Waals surface area contributed by atoms with E-state index in [4.69, 9.17) is 5.11 Å². The lowest BCUT2D eigenvalue weighted by Crippen LogP contribution is -2.24. The molecule has 23 heavy (non-hydrogen) atoms. The van der Waals surface area contributed by atoms with Crippen LogP contribution >= 0.6 is 0 Å². The third-order valence-corrected chi connectivity index (χ3v) is 5.32. The summed E-state index contributed by atoms with van der Waals surface area (Å²) < 4.78 is 24.6. The Labute approximate surface area is 132 Å². The van der Waals surface area contributed by atoms with E-state index in [-0.39, 0.29) is 33.1 Å². The molecule has 0 unspecified atom stereocenters. The third-order valence-electron chi connectivity index (χ3n) is 3.60. The molecule has 2 aromatic rings. The van der Waals surface area contributed by atoms with Crippen molar-refractivity contribution < 1.29 is 23.1 Å².